The zero-order valence-electron chi connectivity index (χ0n) is 11.9. The number of rotatable bonds is 3. The molecule has 0 bridgehead atoms. The van der Waals surface area contributed by atoms with Gasteiger partial charge in [-0.3, -0.25) is 0 Å². The predicted octanol–water partition coefficient (Wildman–Crippen LogP) is 2.46. The van der Waals surface area contributed by atoms with E-state index < -0.39 is 10.0 Å². The van der Waals surface area contributed by atoms with Crippen molar-refractivity contribution in [3.8, 4) is 0 Å². The first-order valence-electron chi connectivity index (χ1n) is 7.05. The van der Waals surface area contributed by atoms with E-state index in [1.165, 1.54) is 10.4 Å². The fraction of sp³-hybridized carbons (Fsp3) is 0.250. The Bertz CT molecular complexity index is 765. The molecule has 0 saturated carbocycles. The maximum Gasteiger partial charge on any atom is 0.244 e. The maximum atomic E-state index is 12.8. The van der Waals surface area contributed by atoms with Crippen LogP contribution in [-0.4, -0.2) is 31.9 Å². The SMILES string of the molecule is N[C@@H]1CN(S(=O)(=O)c2ccccc2Cl)C[C@H]1c1ccccc1. The second kappa shape index (κ2) is 6.01. The van der Waals surface area contributed by atoms with Crippen molar-refractivity contribution in [1.29, 1.82) is 0 Å². The zero-order valence-corrected chi connectivity index (χ0v) is 13.5. The number of nitrogens with zero attached hydrogens (tertiary/aromatic N) is 1. The van der Waals surface area contributed by atoms with Gasteiger partial charge in [0.25, 0.3) is 0 Å². The molecule has 0 spiro atoms. The quantitative estimate of drug-likeness (QED) is 0.936. The second-order valence-corrected chi connectivity index (χ2v) is 7.75. The monoisotopic (exact) mass is 336 g/mol. The highest BCUT2D eigenvalue weighted by Crippen LogP contribution is 2.32. The predicted molar refractivity (Wildman–Crippen MR) is 87.4 cm³/mol. The first kappa shape index (κ1) is 15.5. The van der Waals surface area contributed by atoms with Gasteiger partial charge in [0.05, 0.1) is 5.02 Å². The van der Waals surface area contributed by atoms with E-state index in [9.17, 15) is 8.42 Å². The van der Waals surface area contributed by atoms with Crippen molar-refractivity contribution in [2.45, 2.75) is 16.9 Å². The molecule has 1 fully saturated rings. The lowest BCUT2D eigenvalue weighted by atomic mass is 9.95. The van der Waals surface area contributed by atoms with Crippen molar-refractivity contribution >= 4 is 21.6 Å². The van der Waals surface area contributed by atoms with Crippen LogP contribution in [0.15, 0.2) is 59.5 Å². The molecule has 2 N–H and O–H groups in total. The van der Waals surface area contributed by atoms with E-state index >= 15 is 0 Å². The summed E-state index contributed by atoms with van der Waals surface area (Å²) < 4.78 is 27.0. The molecule has 116 valence electrons. The van der Waals surface area contributed by atoms with Crippen molar-refractivity contribution in [2.75, 3.05) is 13.1 Å². The Morgan fingerprint density at radius 1 is 1.00 bits per heavy atom. The van der Waals surface area contributed by atoms with E-state index in [1.807, 2.05) is 30.3 Å². The summed E-state index contributed by atoms with van der Waals surface area (Å²) >= 11 is 6.04. The Balaban J connectivity index is 1.90. The van der Waals surface area contributed by atoms with Crippen LogP contribution in [-0.2, 0) is 10.0 Å². The molecule has 1 heterocycles. The van der Waals surface area contributed by atoms with Crippen LogP contribution in [0.4, 0.5) is 0 Å². The molecule has 22 heavy (non-hydrogen) atoms. The molecule has 1 saturated heterocycles. The summed E-state index contributed by atoms with van der Waals surface area (Å²) in [6, 6.07) is 16.0. The van der Waals surface area contributed by atoms with Crippen LogP contribution in [0, 0.1) is 0 Å². The Morgan fingerprint density at radius 3 is 2.32 bits per heavy atom. The van der Waals surface area contributed by atoms with Gasteiger partial charge < -0.3 is 5.73 Å². The van der Waals surface area contributed by atoms with Crippen molar-refractivity contribution in [3.05, 3.63) is 65.2 Å². The molecule has 2 aromatic rings. The van der Waals surface area contributed by atoms with Crippen molar-refractivity contribution in [2.24, 2.45) is 5.73 Å². The van der Waals surface area contributed by atoms with E-state index in [0.717, 1.165) is 5.56 Å². The summed E-state index contributed by atoms with van der Waals surface area (Å²) in [6.45, 7) is 0.672. The highest BCUT2D eigenvalue weighted by Gasteiger charge is 2.38. The summed E-state index contributed by atoms with van der Waals surface area (Å²) in [5.41, 5.74) is 7.24. The van der Waals surface area contributed by atoms with Gasteiger partial charge in [0, 0.05) is 25.0 Å². The molecule has 0 aromatic heterocycles. The summed E-state index contributed by atoms with van der Waals surface area (Å²) in [7, 11) is -3.62. The van der Waals surface area contributed by atoms with Crippen LogP contribution in [0.2, 0.25) is 5.02 Å². The number of sulfonamides is 1. The largest absolute Gasteiger partial charge is 0.326 e. The van der Waals surface area contributed by atoms with Gasteiger partial charge in [-0.15, -0.1) is 0 Å². The molecular formula is C16H17ClN2O2S. The fourth-order valence-electron chi connectivity index (χ4n) is 2.83. The topological polar surface area (TPSA) is 63.4 Å². The summed E-state index contributed by atoms with van der Waals surface area (Å²) in [4.78, 5) is 0.137. The highest BCUT2D eigenvalue weighted by atomic mass is 35.5. The minimum Gasteiger partial charge on any atom is -0.326 e. The molecule has 0 unspecified atom stereocenters. The number of halogens is 1. The van der Waals surface area contributed by atoms with E-state index in [1.54, 1.807) is 18.2 Å². The Labute approximate surface area is 135 Å². The van der Waals surface area contributed by atoms with Gasteiger partial charge in [-0.05, 0) is 17.7 Å². The Kier molecular flexibility index (Phi) is 4.23. The zero-order chi connectivity index (χ0) is 15.7. The molecule has 1 aliphatic rings. The molecule has 0 aliphatic carbocycles. The molecule has 2 atom stereocenters. The standard InChI is InChI=1S/C16H17ClN2O2S/c17-14-8-4-5-9-16(14)22(20,21)19-10-13(15(18)11-19)12-6-2-1-3-7-12/h1-9,13,15H,10-11,18H2/t13-,15+/m0/s1. The summed E-state index contributed by atoms with van der Waals surface area (Å²) in [6.07, 6.45) is 0. The molecule has 2 aromatic carbocycles. The van der Waals surface area contributed by atoms with Crippen LogP contribution in [0.5, 0.6) is 0 Å². The molecular weight excluding hydrogens is 320 g/mol. The Morgan fingerprint density at radius 2 is 1.64 bits per heavy atom. The second-order valence-electron chi connectivity index (χ2n) is 5.43. The molecule has 0 radical (unpaired) electrons. The van der Waals surface area contributed by atoms with Crippen LogP contribution in [0.25, 0.3) is 0 Å². The van der Waals surface area contributed by atoms with Crippen LogP contribution in [0.1, 0.15) is 11.5 Å². The van der Waals surface area contributed by atoms with E-state index in [-0.39, 0.29) is 21.9 Å². The normalized spacial score (nSPS) is 22.8. The lowest BCUT2D eigenvalue weighted by Crippen LogP contribution is -2.32. The number of hydrogen-bond acceptors (Lipinski definition) is 3. The van der Waals surface area contributed by atoms with Gasteiger partial charge in [-0.2, -0.15) is 4.31 Å². The molecule has 1 aliphatic heterocycles. The average Bonchev–Trinajstić information content (AvgIpc) is 2.91. The third-order valence-electron chi connectivity index (χ3n) is 4.01. The van der Waals surface area contributed by atoms with Gasteiger partial charge in [-0.25, -0.2) is 8.42 Å². The van der Waals surface area contributed by atoms with Crippen molar-refractivity contribution < 1.29 is 8.42 Å². The molecule has 4 nitrogen and oxygen atoms in total. The lowest BCUT2D eigenvalue weighted by molar-refractivity contribution is 0.470. The van der Waals surface area contributed by atoms with Crippen LogP contribution in [0.3, 0.4) is 0 Å². The first-order valence-corrected chi connectivity index (χ1v) is 8.87. The van der Waals surface area contributed by atoms with E-state index in [2.05, 4.69) is 0 Å². The van der Waals surface area contributed by atoms with E-state index in [0.29, 0.717) is 13.1 Å². The lowest BCUT2D eigenvalue weighted by Gasteiger charge is -2.17. The highest BCUT2D eigenvalue weighted by molar-refractivity contribution is 7.89. The van der Waals surface area contributed by atoms with Gasteiger partial charge in [0.2, 0.25) is 10.0 Å². The van der Waals surface area contributed by atoms with Gasteiger partial charge in [-0.1, -0.05) is 54.1 Å². The fourth-order valence-corrected chi connectivity index (χ4v) is 4.83. The number of hydrogen-bond donors (Lipinski definition) is 1. The number of benzene rings is 2. The molecule has 3 rings (SSSR count). The first-order chi connectivity index (χ1) is 10.5. The van der Waals surface area contributed by atoms with Crippen LogP contribution >= 0.6 is 11.6 Å². The third-order valence-corrected chi connectivity index (χ3v) is 6.35. The third kappa shape index (κ3) is 2.77. The van der Waals surface area contributed by atoms with Crippen LogP contribution < -0.4 is 5.73 Å². The van der Waals surface area contributed by atoms with Gasteiger partial charge in [0.15, 0.2) is 0 Å². The van der Waals surface area contributed by atoms with E-state index in [4.69, 9.17) is 17.3 Å². The van der Waals surface area contributed by atoms with Crippen molar-refractivity contribution in [3.63, 3.8) is 0 Å². The minimum atomic E-state index is -3.62. The molecule has 0 amide bonds. The molecule has 6 heteroatoms. The summed E-state index contributed by atoms with van der Waals surface area (Å²) in [5.74, 6) is -0.00142. The number of nitrogens with two attached hydrogens (primary N) is 1. The van der Waals surface area contributed by atoms with Crippen molar-refractivity contribution in [1.82, 2.24) is 4.31 Å². The van der Waals surface area contributed by atoms with Gasteiger partial charge >= 0.3 is 0 Å². The Hall–Kier alpha value is -1.40. The minimum absolute atomic E-state index is 0.00142. The van der Waals surface area contributed by atoms with Gasteiger partial charge in [0.1, 0.15) is 4.90 Å². The smallest absolute Gasteiger partial charge is 0.244 e. The summed E-state index contributed by atoms with van der Waals surface area (Å²) in [5, 5.41) is 0.235. The average molecular weight is 337 g/mol. The maximum absolute atomic E-state index is 12.8.